The first-order chi connectivity index (χ1) is 14.4. The highest BCUT2D eigenvalue weighted by molar-refractivity contribution is 6.46. The number of carbonyl (C=O) groups is 2. The molecule has 0 bridgehead atoms. The number of aliphatic hydroxyl groups is 1. The first-order valence-electron chi connectivity index (χ1n) is 9.73. The van der Waals surface area contributed by atoms with Gasteiger partial charge in [0.1, 0.15) is 17.3 Å². The van der Waals surface area contributed by atoms with E-state index in [1.54, 1.807) is 49.6 Å². The van der Waals surface area contributed by atoms with Crippen molar-refractivity contribution >= 4 is 17.4 Å². The third-order valence-corrected chi connectivity index (χ3v) is 5.18. The Morgan fingerprint density at radius 1 is 1.07 bits per heavy atom. The van der Waals surface area contributed by atoms with E-state index in [1.807, 2.05) is 20.2 Å². The normalized spacial score (nSPS) is 18.2. The van der Waals surface area contributed by atoms with Crippen molar-refractivity contribution in [3.05, 3.63) is 65.2 Å². The molecule has 0 unspecified atom stereocenters. The molecule has 30 heavy (non-hydrogen) atoms. The van der Waals surface area contributed by atoms with Crippen molar-refractivity contribution in [3.8, 4) is 11.5 Å². The SMILES string of the molecule is COc1ccc([C@H]2/C(=C(\O)c3ccccc3)C(=O)C(=O)N2CC[NH+](C)C)c(OC)c1. The van der Waals surface area contributed by atoms with Gasteiger partial charge in [0.15, 0.2) is 0 Å². The lowest BCUT2D eigenvalue weighted by Gasteiger charge is -2.27. The van der Waals surface area contributed by atoms with Gasteiger partial charge >= 0.3 is 0 Å². The van der Waals surface area contributed by atoms with Gasteiger partial charge in [-0.3, -0.25) is 9.59 Å². The minimum atomic E-state index is -0.759. The first-order valence-corrected chi connectivity index (χ1v) is 9.73. The molecule has 0 radical (unpaired) electrons. The number of likely N-dealkylation sites (tertiary alicyclic amines) is 1. The summed E-state index contributed by atoms with van der Waals surface area (Å²) in [5.41, 5.74) is 1.15. The fourth-order valence-electron chi connectivity index (χ4n) is 3.57. The van der Waals surface area contributed by atoms with E-state index in [9.17, 15) is 14.7 Å². The minimum Gasteiger partial charge on any atom is -0.507 e. The molecule has 7 heteroatoms. The number of methoxy groups -OCH3 is 2. The summed E-state index contributed by atoms with van der Waals surface area (Å²) >= 11 is 0. The molecule has 1 amide bonds. The van der Waals surface area contributed by atoms with Crippen LogP contribution in [0.4, 0.5) is 0 Å². The van der Waals surface area contributed by atoms with E-state index >= 15 is 0 Å². The maximum atomic E-state index is 13.0. The summed E-state index contributed by atoms with van der Waals surface area (Å²) in [5.74, 6) is -0.461. The lowest BCUT2D eigenvalue weighted by atomic mass is 9.94. The topological polar surface area (TPSA) is 80.5 Å². The number of aliphatic hydroxyl groups excluding tert-OH is 1. The molecule has 1 heterocycles. The van der Waals surface area contributed by atoms with E-state index in [2.05, 4.69) is 0 Å². The summed E-state index contributed by atoms with van der Waals surface area (Å²) < 4.78 is 10.8. The molecular weight excluding hydrogens is 384 g/mol. The van der Waals surface area contributed by atoms with E-state index in [1.165, 1.54) is 12.0 Å². The maximum Gasteiger partial charge on any atom is 0.295 e. The summed E-state index contributed by atoms with van der Waals surface area (Å²) in [5, 5.41) is 11.0. The number of hydrogen-bond donors (Lipinski definition) is 2. The fourth-order valence-corrected chi connectivity index (χ4v) is 3.57. The first kappa shape index (κ1) is 21.4. The van der Waals surface area contributed by atoms with E-state index in [0.717, 1.165) is 4.90 Å². The molecule has 158 valence electrons. The Kier molecular flexibility index (Phi) is 6.42. The Bertz CT molecular complexity index is 969. The Morgan fingerprint density at radius 3 is 2.37 bits per heavy atom. The molecule has 1 fully saturated rings. The molecule has 7 nitrogen and oxygen atoms in total. The number of nitrogens with zero attached hydrogens (tertiary/aromatic N) is 1. The zero-order chi connectivity index (χ0) is 21.8. The van der Waals surface area contributed by atoms with Crippen molar-refractivity contribution < 1.29 is 29.1 Å². The van der Waals surface area contributed by atoms with Crippen molar-refractivity contribution in [2.45, 2.75) is 6.04 Å². The van der Waals surface area contributed by atoms with Gasteiger partial charge in [-0.1, -0.05) is 30.3 Å². The zero-order valence-electron chi connectivity index (χ0n) is 17.6. The Hall–Kier alpha value is -3.32. The second kappa shape index (κ2) is 9.00. The van der Waals surface area contributed by atoms with Crippen LogP contribution in [0.25, 0.3) is 5.76 Å². The fraction of sp³-hybridized carbons (Fsp3) is 0.304. The molecule has 1 aliphatic heterocycles. The molecule has 2 aromatic rings. The number of carbonyl (C=O) groups excluding carboxylic acids is 2. The lowest BCUT2D eigenvalue weighted by molar-refractivity contribution is -0.857. The lowest BCUT2D eigenvalue weighted by Crippen LogP contribution is -3.06. The number of amides is 1. The van der Waals surface area contributed by atoms with Gasteiger partial charge in [0.2, 0.25) is 0 Å². The van der Waals surface area contributed by atoms with Crippen molar-refractivity contribution in [1.82, 2.24) is 4.90 Å². The van der Waals surface area contributed by atoms with Crippen molar-refractivity contribution in [1.29, 1.82) is 0 Å². The van der Waals surface area contributed by atoms with E-state index in [4.69, 9.17) is 9.47 Å². The number of rotatable bonds is 7. The smallest absolute Gasteiger partial charge is 0.295 e. The van der Waals surface area contributed by atoms with Gasteiger partial charge in [0.25, 0.3) is 11.7 Å². The number of Topliss-reactive ketones (excluding diaryl/α,β-unsaturated/α-hetero) is 1. The van der Waals surface area contributed by atoms with Crippen molar-refractivity contribution in [2.24, 2.45) is 0 Å². The van der Waals surface area contributed by atoms with Gasteiger partial charge in [-0.2, -0.15) is 0 Å². The number of ether oxygens (including phenoxy) is 2. The predicted molar refractivity (Wildman–Crippen MR) is 113 cm³/mol. The summed E-state index contributed by atoms with van der Waals surface area (Å²) in [6.07, 6.45) is 0. The molecule has 1 atom stereocenters. The molecular formula is C23H27N2O5+. The van der Waals surface area contributed by atoms with Crippen LogP contribution >= 0.6 is 0 Å². The van der Waals surface area contributed by atoms with Gasteiger partial charge in [0.05, 0.1) is 53.0 Å². The van der Waals surface area contributed by atoms with Crippen LogP contribution in [0.5, 0.6) is 11.5 Å². The number of ketones is 1. The predicted octanol–water partition coefficient (Wildman–Crippen LogP) is 1.27. The van der Waals surface area contributed by atoms with E-state index in [-0.39, 0.29) is 11.3 Å². The highest BCUT2D eigenvalue weighted by atomic mass is 16.5. The third-order valence-electron chi connectivity index (χ3n) is 5.18. The van der Waals surface area contributed by atoms with Gasteiger partial charge in [-0.15, -0.1) is 0 Å². The van der Waals surface area contributed by atoms with Crippen LogP contribution in [0.3, 0.4) is 0 Å². The maximum absolute atomic E-state index is 13.0. The largest absolute Gasteiger partial charge is 0.507 e. The average Bonchev–Trinajstić information content (AvgIpc) is 3.01. The Morgan fingerprint density at radius 2 is 1.77 bits per heavy atom. The highest BCUT2D eigenvalue weighted by Gasteiger charge is 2.47. The molecule has 0 spiro atoms. The Labute approximate surface area is 176 Å². The van der Waals surface area contributed by atoms with Gasteiger partial charge < -0.3 is 24.4 Å². The third kappa shape index (κ3) is 4.02. The molecule has 0 aromatic heterocycles. The van der Waals surface area contributed by atoms with Crippen LogP contribution in [0.15, 0.2) is 54.1 Å². The second-order valence-corrected chi connectivity index (χ2v) is 7.42. The average molecular weight is 411 g/mol. The van der Waals surface area contributed by atoms with Crippen molar-refractivity contribution in [3.63, 3.8) is 0 Å². The van der Waals surface area contributed by atoms with Crippen LogP contribution in [0.2, 0.25) is 0 Å². The van der Waals surface area contributed by atoms with E-state index in [0.29, 0.717) is 35.7 Å². The molecule has 1 aliphatic rings. The minimum absolute atomic E-state index is 0.0587. The zero-order valence-corrected chi connectivity index (χ0v) is 17.6. The van der Waals surface area contributed by atoms with Gasteiger partial charge in [-0.05, 0) is 12.1 Å². The molecule has 0 saturated carbocycles. The van der Waals surface area contributed by atoms with Gasteiger partial charge in [-0.25, -0.2) is 0 Å². The number of likely N-dealkylation sites (N-methyl/N-ethyl adjacent to an activating group) is 1. The molecule has 1 saturated heterocycles. The van der Waals surface area contributed by atoms with Crippen LogP contribution in [-0.4, -0.2) is 63.1 Å². The summed E-state index contributed by atoms with van der Waals surface area (Å²) in [6.45, 7) is 1.01. The van der Waals surface area contributed by atoms with Gasteiger partial charge in [0, 0.05) is 17.2 Å². The summed E-state index contributed by atoms with van der Waals surface area (Å²) in [4.78, 5) is 28.6. The molecule has 2 N–H and O–H groups in total. The molecule has 0 aliphatic carbocycles. The standard InChI is InChI=1S/C23H26N2O5/c1-24(2)12-13-25-20(17-11-10-16(29-3)14-18(17)30-4)19(22(27)23(25)28)21(26)15-8-6-5-7-9-15/h5-11,14,20,26H,12-13H2,1-4H3/p+1/b21-19+/t20-/m0/s1. The summed E-state index contributed by atoms with van der Waals surface area (Å²) in [7, 11) is 7.02. The number of hydrogen-bond acceptors (Lipinski definition) is 5. The highest BCUT2D eigenvalue weighted by Crippen LogP contribution is 2.43. The number of nitrogens with one attached hydrogen (secondary N) is 1. The monoisotopic (exact) mass is 411 g/mol. The van der Waals surface area contributed by atoms with Crippen LogP contribution in [0.1, 0.15) is 17.2 Å². The summed E-state index contributed by atoms with van der Waals surface area (Å²) in [6, 6.07) is 13.2. The Balaban J connectivity index is 2.20. The van der Waals surface area contributed by atoms with Crippen molar-refractivity contribution in [2.75, 3.05) is 41.4 Å². The van der Waals surface area contributed by atoms with E-state index < -0.39 is 17.7 Å². The number of benzene rings is 2. The number of quaternary nitrogens is 1. The van der Waals surface area contributed by atoms with Crippen LogP contribution in [-0.2, 0) is 9.59 Å². The quantitative estimate of drug-likeness (QED) is 0.408. The molecule has 2 aromatic carbocycles. The van der Waals surface area contributed by atoms with Crippen LogP contribution < -0.4 is 14.4 Å². The van der Waals surface area contributed by atoms with Crippen LogP contribution in [0, 0.1) is 0 Å². The molecule has 3 rings (SSSR count). The second-order valence-electron chi connectivity index (χ2n) is 7.42.